The molecular formula is C16H18BrN3O. The number of nitrogens with zero attached hydrogens (tertiary/aromatic N) is 2. The Bertz CT molecular complexity index is 670. The van der Waals surface area contributed by atoms with E-state index in [4.69, 9.17) is 10.9 Å². The summed E-state index contributed by atoms with van der Waals surface area (Å²) < 4.78 is 0.794. The van der Waals surface area contributed by atoms with Crippen molar-refractivity contribution in [3.63, 3.8) is 0 Å². The first-order valence-electron chi connectivity index (χ1n) is 6.69. The molecule has 3 N–H and O–H groups in total. The molecule has 21 heavy (non-hydrogen) atoms. The van der Waals surface area contributed by atoms with Crippen molar-refractivity contribution in [2.24, 2.45) is 10.9 Å². The number of halogens is 1. The van der Waals surface area contributed by atoms with Gasteiger partial charge in [0, 0.05) is 16.7 Å². The van der Waals surface area contributed by atoms with Gasteiger partial charge in [-0.1, -0.05) is 29.4 Å². The maximum Gasteiger partial charge on any atom is 0.173 e. The summed E-state index contributed by atoms with van der Waals surface area (Å²) in [6.45, 7) is 4.91. The van der Waals surface area contributed by atoms with Crippen molar-refractivity contribution in [3.8, 4) is 0 Å². The van der Waals surface area contributed by atoms with Crippen LogP contribution in [0.4, 0.5) is 11.4 Å². The van der Waals surface area contributed by atoms with Crippen LogP contribution >= 0.6 is 15.9 Å². The van der Waals surface area contributed by atoms with Crippen molar-refractivity contribution in [2.45, 2.75) is 13.8 Å². The molecule has 2 aromatic carbocycles. The minimum Gasteiger partial charge on any atom is -0.409 e. The van der Waals surface area contributed by atoms with E-state index in [-0.39, 0.29) is 5.84 Å². The number of nitrogens with two attached hydrogens (primary N) is 1. The summed E-state index contributed by atoms with van der Waals surface area (Å²) in [5.41, 5.74) is 9.71. The zero-order valence-electron chi connectivity index (χ0n) is 12.0. The summed E-state index contributed by atoms with van der Waals surface area (Å²) >= 11 is 3.48. The smallest absolute Gasteiger partial charge is 0.173 e. The number of oxime groups is 1. The van der Waals surface area contributed by atoms with Crippen LogP contribution < -0.4 is 10.6 Å². The van der Waals surface area contributed by atoms with Gasteiger partial charge >= 0.3 is 0 Å². The third-order valence-corrected chi connectivity index (χ3v) is 4.03. The van der Waals surface area contributed by atoms with Crippen molar-refractivity contribution < 1.29 is 5.21 Å². The predicted octanol–water partition coefficient (Wildman–Crippen LogP) is 4.01. The normalized spacial score (nSPS) is 11.5. The van der Waals surface area contributed by atoms with Crippen LogP contribution in [0.25, 0.3) is 0 Å². The summed E-state index contributed by atoms with van der Waals surface area (Å²) in [5.74, 6) is 0.0875. The fourth-order valence-electron chi connectivity index (χ4n) is 2.38. The van der Waals surface area contributed by atoms with E-state index in [1.165, 1.54) is 5.56 Å². The van der Waals surface area contributed by atoms with Crippen LogP contribution in [-0.4, -0.2) is 17.6 Å². The van der Waals surface area contributed by atoms with Gasteiger partial charge < -0.3 is 15.8 Å². The molecule has 4 nitrogen and oxygen atoms in total. The molecule has 0 bridgehead atoms. The van der Waals surface area contributed by atoms with Crippen molar-refractivity contribution >= 4 is 33.1 Å². The first-order chi connectivity index (χ1) is 10.1. The second kappa shape index (κ2) is 6.63. The van der Waals surface area contributed by atoms with Gasteiger partial charge in [0.15, 0.2) is 5.84 Å². The van der Waals surface area contributed by atoms with Crippen LogP contribution in [0, 0.1) is 6.92 Å². The molecule has 0 saturated heterocycles. The highest BCUT2D eigenvalue weighted by Crippen LogP contribution is 2.34. The Morgan fingerprint density at radius 2 is 1.86 bits per heavy atom. The molecule has 2 aromatic rings. The quantitative estimate of drug-likeness (QED) is 0.380. The van der Waals surface area contributed by atoms with Crippen molar-refractivity contribution in [1.82, 2.24) is 0 Å². The predicted molar refractivity (Wildman–Crippen MR) is 90.5 cm³/mol. The first kappa shape index (κ1) is 15.4. The first-order valence-corrected chi connectivity index (χ1v) is 7.49. The molecule has 0 fully saturated rings. The molecule has 0 atom stereocenters. The zero-order chi connectivity index (χ0) is 15.4. The summed E-state index contributed by atoms with van der Waals surface area (Å²) in [5, 5.41) is 12.2. The average molecular weight is 348 g/mol. The molecule has 0 aromatic heterocycles. The van der Waals surface area contributed by atoms with Crippen LogP contribution in [0.15, 0.2) is 52.1 Å². The highest BCUT2D eigenvalue weighted by Gasteiger charge is 2.18. The van der Waals surface area contributed by atoms with E-state index in [1.807, 2.05) is 30.3 Å². The second-order valence-corrected chi connectivity index (χ2v) is 5.50. The number of rotatable bonds is 4. The monoisotopic (exact) mass is 347 g/mol. The zero-order valence-corrected chi connectivity index (χ0v) is 13.6. The van der Waals surface area contributed by atoms with Crippen LogP contribution in [0.5, 0.6) is 0 Å². The molecule has 0 heterocycles. The van der Waals surface area contributed by atoms with Crippen LogP contribution in [0.2, 0.25) is 0 Å². The lowest BCUT2D eigenvalue weighted by atomic mass is 10.1. The molecular weight excluding hydrogens is 330 g/mol. The van der Waals surface area contributed by atoms with Gasteiger partial charge in [-0.15, -0.1) is 0 Å². The fraction of sp³-hybridized carbons (Fsp3) is 0.188. The molecule has 0 aliphatic carbocycles. The Kier molecular flexibility index (Phi) is 4.85. The molecule has 0 aliphatic heterocycles. The number of hydrogen-bond donors (Lipinski definition) is 2. The minimum absolute atomic E-state index is 0.0875. The molecule has 0 saturated carbocycles. The Labute approximate surface area is 133 Å². The molecule has 0 unspecified atom stereocenters. The van der Waals surface area contributed by atoms with E-state index in [0.717, 1.165) is 22.4 Å². The molecule has 0 amide bonds. The number of anilines is 2. The van der Waals surface area contributed by atoms with E-state index in [2.05, 4.69) is 52.0 Å². The lowest BCUT2D eigenvalue weighted by Gasteiger charge is -2.27. The van der Waals surface area contributed by atoms with Gasteiger partial charge in [0.25, 0.3) is 0 Å². The van der Waals surface area contributed by atoms with Crippen molar-refractivity contribution in [1.29, 1.82) is 0 Å². The third kappa shape index (κ3) is 3.03. The lowest BCUT2D eigenvalue weighted by Crippen LogP contribution is -2.23. The number of amidine groups is 1. The number of aryl methyl sites for hydroxylation is 1. The van der Waals surface area contributed by atoms with Gasteiger partial charge in [-0.3, -0.25) is 0 Å². The molecule has 0 radical (unpaired) electrons. The van der Waals surface area contributed by atoms with E-state index < -0.39 is 0 Å². The summed E-state index contributed by atoms with van der Waals surface area (Å²) in [4.78, 5) is 2.15. The third-order valence-electron chi connectivity index (χ3n) is 3.37. The average Bonchev–Trinajstić information content (AvgIpc) is 2.49. The highest BCUT2D eigenvalue weighted by atomic mass is 79.9. The summed E-state index contributed by atoms with van der Waals surface area (Å²) in [6, 6.07) is 13.9. The van der Waals surface area contributed by atoms with E-state index in [0.29, 0.717) is 5.56 Å². The van der Waals surface area contributed by atoms with Crippen LogP contribution in [0.1, 0.15) is 18.1 Å². The summed E-state index contributed by atoms with van der Waals surface area (Å²) in [6.07, 6.45) is 0. The fourth-order valence-corrected chi connectivity index (χ4v) is 2.94. The van der Waals surface area contributed by atoms with Gasteiger partial charge in [0.05, 0.1) is 11.3 Å². The maximum atomic E-state index is 9.04. The summed E-state index contributed by atoms with van der Waals surface area (Å²) in [7, 11) is 0. The second-order valence-electron chi connectivity index (χ2n) is 4.65. The maximum absolute atomic E-state index is 9.04. The van der Waals surface area contributed by atoms with Gasteiger partial charge in [0.1, 0.15) is 0 Å². The Morgan fingerprint density at radius 3 is 2.48 bits per heavy atom. The van der Waals surface area contributed by atoms with Crippen molar-refractivity contribution in [2.75, 3.05) is 11.4 Å². The van der Waals surface area contributed by atoms with E-state index >= 15 is 0 Å². The Hall–Kier alpha value is -2.01. The number of hydrogen-bond acceptors (Lipinski definition) is 3. The molecule has 5 heteroatoms. The standard InChI is InChI=1S/C16H18BrN3O/c1-3-20(13-9-5-4-7-11(13)2)14-10-6-8-12(17)15(14)16(18)19-21/h4-10,21H,3H2,1-2H3,(H2,18,19). The number of benzene rings is 2. The van der Waals surface area contributed by atoms with Crippen LogP contribution in [-0.2, 0) is 0 Å². The van der Waals surface area contributed by atoms with E-state index in [9.17, 15) is 0 Å². The number of para-hydroxylation sites is 1. The Morgan fingerprint density at radius 1 is 1.19 bits per heavy atom. The molecule has 2 rings (SSSR count). The van der Waals surface area contributed by atoms with Gasteiger partial charge in [-0.2, -0.15) is 0 Å². The van der Waals surface area contributed by atoms with Gasteiger partial charge in [0.2, 0.25) is 0 Å². The highest BCUT2D eigenvalue weighted by molar-refractivity contribution is 9.10. The van der Waals surface area contributed by atoms with Crippen LogP contribution in [0.3, 0.4) is 0 Å². The minimum atomic E-state index is 0.0875. The molecule has 0 aliphatic rings. The van der Waals surface area contributed by atoms with E-state index in [1.54, 1.807) is 0 Å². The van der Waals surface area contributed by atoms with Gasteiger partial charge in [-0.25, -0.2) is 0 Å². The Balaban J connectivity index is 2.64. The largest absolute Gasteiger partial charge is 0.409 e. The molecule has 110 valence electrons. The van der Waals surface area contributed by atoms with Crippen molar-refractivity contribution in [3.05, 3.63) is 58.1 Å². The lowest BCUT2D eigenvalue weighted by molar-refractivity contribution is 0.318. The SMILES string of the molecule is CCN(c1ccccc1C)c1cccc(Br)c1/C(N)=N/O. The molecule has 0 spiro atoms. The van der Waals surface area contributed by atoms with Gasteiger partial charge in [-0.05, 0) is 53.5 Å². The topological polar surface area (TPSA) is 61.8 Å².